The number of amides is 1. The summed E-state index contributed by atoms with van der Waals surface area (Å²) in [7, 11) is 0. The van der Waals surface area contributed by atoms with Gasteiger partial charge in [0, 0.05) is 23.5 Å². The molecule has 0 saturated carbocycles. The average molecular weight is 253 g/mol. The van der Waals surface area contributed by atoms with Crippen LogP contribution in [0.4, 0.5) is 0 Å². The first-order valence-corrected chi connectivity index (χ1v) is 5.98. The Morgan fingerprint density at radius 1 is 1.16 bits per heavy atom. The van der Waals surface area contributed by atoms with E-state index in [1.807, 2.05) is 38.1 Å². The lowest BCUT2D eigenvalue weighted by molar-refractivity contribution is 0.0955. The highest BCUT2D eigenvalue weighted by Crippen LogP contribution is 2.03. The predicted molar refractivity (Wildman–Crippen MR) is 75.1 cm³/mol. The zero-order chi connectivity index (χ0) is 13.7. The highest BCUT2D eigenvalue weighted by Gasteiger charge is 2.04. The molecule has 96 valence electrons. The standard InChI is InChI=1S/C15H15N3O/c1-11-5-7-13(8-6-11)15(19)18-17-12(2)14-4-3-9-16-10-14/h3-10H,1-2H3,(H,18,19)/b17-12-. The second-order valence-corrected chi connectivity index (χ2v) is 4.25. The van der Waals surface area contributed by atoms with Gasteiger partial charge in [0.25, 0.3) is 5.91 Å². The number of hydrogen-bond acceptors (Lipinski definition) is 3. The summed E-state index contributed by atoms with van der Waals surface area (Å²) in [6, 6.07) is 11.1. The first-order valence-electron chi connectivity index (χ1n) is 5.98. The third-order valence-corrected chi connectivity index (χ3v) is 2.72. The monoisotopic (exact) mass is 253 g/mol. The number of aryl methyl sites for hydroxylation is 1. The fourth-order valence-electron chi connectivity index (χ4n) is 1.55. The fourth-order valence-corrected chi connectivity index (χ4v) is 1.55. The number of carbonyl (C=O) groups excluding carboxylic acids is 1. The molecule has 0 bridgehead atoms. The lowest BCUT2D eigenvalue weighted by Crippen LogP contribution is -2.19. The second kappa shape index (κ2) is 5.91. The van der Waals surface area contributed by atoms with Crippen molar-refractivity contribution in [1.29, 1.82) is 0 Å². The molecule has 1 aromatic carbocycles. The molecule has 2 aromatic rings. The molecular weight excluding hydrogens is 238 g/mol. The summed E-state index contributed by atoms with van der Waals surface area (Å²) in [6.45, 7) is 3.80. The Labute approximate surface area is 112 Å². The fraction of sp³-hybridized carbons (Fsp3) is 0.133. The minimum absolute atomic E-state index is 0.219. The van der Waals surface area contributed by atoms with Gasteiger partial charge in [0.2, 0.25) is 0 Å². The third-order valence-electron chi connectivity index (χ3n) is 2.72. The maximum atomic E-state index is 11.9. The van der Waals surface area contributed by atoms with Crippen molar-refractivity contribution in [3.05, 3.63) is 65.5 Å². The topological polar surface area (TPSA) is 54.4 Å². The van der Waals surface area contributed by atoms with E-state index in [2.05, 4.69) is 15.5 Å². The minimum atomic E-state index is -0.219. The molecule has 0 aliphatic carbocycles. The molecule has 1 aromatic heterocycles. The van der Waals surface area contributed by atoms with Gasteiger partial charge in [-0.1, -0.05) is 23.8 Å². The Hall–Kier alpha value is -2.49. The van der Waals surface area contributed by atoms with Gasteiger partial charge in [-0.05, 0) is 32.0 Å². The van der Waals surface area contributed by atoms with E-state index in [1.165, 1.54) is 0 Å². The highest BCUT2D eigenvalue weighted by atomic mass is 16.2. The van der Waals surface area contributed by atoms with Gasteiger partial charge >= 0.3 is 0 Å². The SMILES string of the molecule is C/C(=N/NC(=O)c1ccc(C)cc1)c1cccnc1. The first kappa shape index (κ1) is 13.0. The van der Waals surface area contributed by atoms with Crippen LogP contribution in [0.3, 0.4) is 0 Å². The number of pyridine rings is 1. The zero-order valence-corrected chi connectivity index (χ0v) is 10.9. The molecular formula is C15H15N3O. The molecule has 0 saturated heterocycles. The summed E-state index contributed by atoms with van der Waals surface area (Å²) >= 11 is 0. The molecule has 0 aliphatic heterocycles. The lowest BCUT2D eigenvalue weighted by atomic mass is 10.1. The van der Waals surface area contributed by atoms with Gasteiger partial charge in [0.05, 0.1) is 5.71 Å². The van der Waals surface area contributed by atoms with Crippen molar-refractivity contribution in [3.63, 3.8) is 0 Å². The average Bonchev–Trinajstić information content (AvgIpc) is 2.46. The molecule has 4 nitrogen and oxygen atoms in total. The van der Waals surface area contributed by atoms with Crippen molar-refractivity contribution in [2.45, 2.75) is 13.8 Å². The van der Waals surface area contributed by atoms with Crippen LogP contribution in [0.2, 0.25) is 0 Å². The zero-order valence-electron chi connectivity index (χ0n) is 10.9. The largest absolute Gasteiger partial charge is 0.271 e. The van der Waals surface area contributed by atoms with E-state index >= 15 is 0 Å². The van der Waals surface area contributed by atoms with Gasteiger partial charge in [-0.2, -0.15) is 5.10 Å². The summed E-state index contributed by atoms with van der Waals surface area (Å²) in [4.78, 5) is 15.9. The number of carbonyl (C=O) groups is 1. The second-order valence-electron chi connectivity index (χ2n) is 4.25. The van der Waals surface area contributed by atoms with Gasteiger partial charge in [-0.15, -0.1) is 0 Å². The van der Waals surface area contributed by atoms with E-state index in [1.54, 1.807) is 24.5 Å². The quantitative estimate of drug-likeness (QED) is 0.675. The van der Waals surface area contributed by atoms with Crippen molar-refractivity contribution in [2.75, 3.05) is 0 Å². The van der Waals surface area contributed by atoms with Crippen LogP contribution in [-0.2, 0) is 0 Å². The number of nitrogens with one attached hydrogen (secondary N) is 1. The Bertz CT molecular complexity index is 589. The molecule has 1 amide bonds. The first-order chi connectivity index (χ1) is 9.16. The molecule has 0 fully saturated rings. The number of rotatable bonds is 3. The number of hydrazone groups is 1. The van der Waals surface area contributed by atoms with E-state index in [9.17, 15) is 4.79 Å². The normalized spacial score (nSPS) is 11.2. The van der Waals surface area contributed by atoms with Crippen molar-refractivity contribution in [3.8, 4) is 0 Å². The van der Waals surface area contributed by atoms with Crippen LogP contribution in [-0.4, -0.2) is 16.6 Å². The highest BCUT2D eigenvalue weighted by molar-refractivity contribution is 6.00. The summed E-state index contributed by atoms with van der Waals surface area (Å²) in [6.07, 6.45) is 3.40. The Kier molecular flexibility index (Phi) is 4.03. The van der Waals surface area contributed by atoms with E-state index in [0.717, 1.165) is 11.1 Å². The lowest BCUT2D eigenvalue weighted by Gasteiger charge is -2.03. The van der Waals surface area contributed by atoms with Crippen LogP contribution in [0.5, 0.6) is 0 Å². The maximum Gasteiger partial charge on any atom is 0.271 e. The summed E-state index contributed by atoms with van der Waals surface area (Å²) in [5.41, 5.74) is 5.84. The summed E-state index contributed by atoms with van der Waals surface area (Å²) < 4.78 is 0. The summed E-state index contributed by atoms with van der Waals surface area (Å²) in [5.74, 6) is -0.219. The van der Waals surface area contributed by atoms with Crippen LogP contribution in [0, 0.1) is 6.92 Å². The van der Waals surface area contributed by atoms with E-state index in [0.29, 0.717) is 11.3 Å². The number of nitrogens with zero attached hydrogens (tertiary/aromatic N) is 2. The van der Waals surface area contributed by atoms with Gasteiger partial charge < -0.3 is 0 Å². The number of hydrogen-bond donors (Lipinski definition) is 1. The molecule has 0 aliphatic rings. The van der Waals surface area contributed by atoms with Crippen molar-refractivity contribution in [1.82, 2.24) is 10.4 Å². The molecule has 1 N–H and O–H groups in total. The Morgan fingerprint density at radius 3 is 2.53 bits per heavy atom. The van der Waals surface area contributed by atoms with E-state index < -0.39 is 0 Å². The van der Waals surface area contributed by atoms with Crippen LogP contribution >= 0.6 is 0 Å². The molecule has 4 heteroatoms. The van der Waals surface area contributed by atoms with Gasteiger partial charge in [0.1, 0.15) is 0 Å². The van der Waals surface area contributed by atoms with Crippen molar-refractivity contribution in [2.24, 2.45) is 5.10 Å². The molecule has 0 spiro atoms. The van der Waals surface area contributed by atoms with Gasteiger partial charge in [-0.25, -0.2) is 5.43 Å². The Balaban J connectivity index is 2.06. The molecule has 1 heterocycles. The molecule has 2 rings (SSSR count). The Morgan fingerprint density at radius 2 is 1.89 bits per heavy atom. The van der Waals surface area contributed by atoms with Crippen LogP contribution in [0.25, 0.3) is 0 Å². The molecule has 0 unspecified atom stereocenters. The smallest absolute Gasteiger partial charge is 0.267 e. The van der Waals surface area contributed by atoms with Crippen molar-refractivity contribution >= 4 is 11.6 Å². The number of benzene rings is 1. The van der Waals surface area contributed by atoms with Crippen LogP contribution in [0.1, 0.15) is 28.4 Å². The van der Waals surface area contributed by atoms with E-state index in [4.69, 9.17) is 0 Å². The molecule has 0 radical (unpaired) electrons. The third kappa shape index (κ3) is 3.48. The minimum Gasteiger partial charge on any atom is -0.267 e. The van der Waals surface area contributed by atoms with Crippen molar-refractivity contribution < 1.29 is 4.79 Å². The van der Waals surface area contributed by atoms with Gasteiger partial charge in [0.15, 0.2) is 0 Å². The molecule has 19 heavy (non-hydrogen) atoms. The van der Waals surface area contributed by atoms with Gasteiger partial charge in [-0.3, -0.25) is 9.78 Å². The predicted octanol–water partition coefficient (Wildman–Crippen LogP) is 2.54. The van der Waals surface area contributed by atoms with E-state index in [-0.39, 0.29) is 5.91 Å². The van der Waals surface area contributed by atoms with Crippen LogP contribution in [0.15, 0.2) is 53.9 Å². The molecule has 0 atom stereocenters. The summed E-state index contributed by atoms with van der Waals surface area (Å²) in [5, 5.41) is 4.07. The maximum absolute atomic E-state index is 11.9. The number of aromatic nitrogens is 1. The van der Waals surface area contributed by atoms with Crippen LogP contribution < -0.4 is 5.43 Å².